The summed E-state index contributed by atoms with van der Waals surface area (Å²) in [6.45, 7) is 3.44. The second-order valence-corrected chi connectivity index (χ2v) is 5.00. The third-order valence-corrected chi connectivity index (χ3v) is 2.85. The van der Waals surface area contributed by atoms with E-state index in [1.54, 1.807) is 26.2 Å². The molecule has 0 aliphatic heterocycles. The van der Waals surface area contributed by atoms with Crippen molar-refractivity contribution in [1.29, 1.82) is 0 Å². The third kappa shape index (κ3) is 5.31. The Morgan fingerprint density at radius 3 is 2.83 bits per heavy atom. The zero-order chi connectivity index (χ0) is 13.6. The number of halogens is 2. The lowest BCUT2D eigenvalue weighted by Gasteiger charge is -2.24. The number of hydrogen-bond donors (Lipinski definition) is 2. The molecule has 0 spiro atoms. The zero-order valence-electron chi connectivity index (χ0n) is 10.7. The van der Waals surface area contributed by atoms with Gasteiger partial charge >= 0.3 is 0 Å². The highest BCUT2D eigenvalue weighted by Crippen LogP contribution is 2.19. The Balaban J connectivity index is 2.50. The van der Waals surface area contributed by atoms with E-state index in [4.69, 9.17) is 16.3 Å². The molecule has 3 nitrogen and oxygen atoms in total. The molecule has 1 rings (SSSR count). The minimum Gasteiger partial charge on any atom is -0.389 e. The molecule has 1 atom stereocenters. The highest BCUT2D eigenvalue weighted by Gasteiger charge is 2.20. The summed E-state index contributed by atoms with van der Waals surface area (Å²) in [5.41, 5.74) is -0.102. The zero-order valence-corrected chi connectivity index (χ0v) is 11.4. The van der Waals surface area contributed by atoms with Gasteiger partial charge in [-0.1, -0.05) is 17.7 Å². The van der Waals surface area contributed by atoms with Crippen molar-refractivity contribution in [2.45, 2.75) is 18.9 Å². The first kappa shape index (κ1) is 15.4. The number of ether oxygens (including phenoxy) is 1. The van der Waals surface area contributed by atoms with Gasteiger partial charge in [0.15, 0.2) is 0 Å². The first-order valence-electron chi connectivity index (χ1n) is 5.80. The largest absolute Gasteiger partial charge is 0.389 e. The lowest BCUT2D eigenvalue weighted by atomic mass is 9.96. The lowest BCUT2D eigenvalue weighted by Crippen LogP contribution is -2.40. The monoisotopic (exact) mass is 275 g/mol. The van der Waals surface area contributed by atoms with Crippen LogP contribution in [0.2, 0.25) is 5.02 Å². The lowest BCUT2D eigenvalue weighted by molar-refractivity contribution is 0.0581. The molecule has 1 aromatic carbocycles. The molecule has 18 heavy (non-hydrogen) atoms. The van der Waals surface area contributed by atoms with Gasteiger partial charge in [0.1, 0.15) is 5.82 Å². The summed E-state index contributed by atoms with van der Waals surface area (Å²) in [6, 6.07) is 4.48. The van der Waals surface area contributed by atoms with Crippen LogP contribution in [0.15, 0.2) is 18.2 Å². The first-order chi connectivity index (χ1) is 8.44. The molecule has 1 aromatic rings. The molecule has 0 aliphatic carbocycles. The average molecular weight is 276 g/mol. The van der Waals surface area contributed by atoms with E-state index in [0.717, 1.165) is 5.56 Å². The number of benzene rings is 1. The van der Waals surface area contributed by atoms with Gasteiger partial charge < -0.3 is 15.2 Å². The van der Waals surface area contributed by atoms with Crippen LogP contribution >= 0.6 is 11.6 Å². The minimum absolute atomic E-state index is 0.0793. The van der Waals surface area contributed by atoms with Crippen molar-refractivity contribution >= 4 is 11.6 Å². The quantitative estimate of drug-likeness (QED) is 0.748. The number of hydrogen-bond acceptors (Lipinski definition) is 3. The first-order valence-corrected chi connectivity index (χ1v) is 6.18. The number of nitrogens with one attached hydrogen (secondary N) is 1. The van der Waals surface area contributed by atoms with Crippen LogP contribution in [0, 0.1) is 5.82 Å². The Morgan fingerprint density at radius 1 is 1.50 bits per heavy atom. The molecule has 0 amide bonds. The maximum absolute atomic E-state index is 13.0. The van der Waals surface area contributed by atoms with Gasteiger partial charge in [-0.25, -0.2) is 4.39 Å². The van der Waals surface area contributed by atoms with Gasteiger partial charge in [-0.15, -0.1) is 0 Å². The van der Waals surface area contributed by atoms with Crippen LogP contribution in [0.3, 0.4) is 0 Å². The normalized spacial score (nSPS) is 14.5. The molecular weight excluding hydrogens is 257 g/mol. The Hall–Kier alpha value is -0.680. The number of methoxy groups -OCH3 is 1. The van der Waals surface area contributed by atoms with Gasteiger partial charge in [0.25, 0.3) is 0 Å². The molecule has 102 valence electrons. The van der Waals surface area contributed by atoms with Crippen LogP contribution in [0.4, 0.5) is 4.39 Å². The fourth-order valence-electron chi connectivity index (χ4n) is 1.68. The molecule has 0 heterocycles. The van der Waals surface area contributed by atoms with Crippen LogP contribution in [0.5, 0.6) is 0 Å². The SMILES string of the molecule is COCCNCC(C)(O)Cc1ccc(F)c(Cl)c1. The molecule has 0 bridgehead atoms. The van der Waals surface area contributed by atoms with Crippen molar-refractivity contribution in [2.24, 2.45) is 0 Å². The predicted octanol–water partition coefficient (Wildman–Crippen LogP) is 2.01. The second-order valence-electron chi connectivity index (χ2n) is 4.59. The van der Waals surface area contributed by atoms with Gasteiger partial charge in [-0.05, 0) is 24.6 Å². The topological polar surface area (TPSA) is 41.5 Å². The molecule has 0 aromatic heterocycles. The molecular formula is C13H19ClFNO2. The highest BCUT2D eigenvalue weighted by molar-refractivity contribution is 6.30. The summed E-state index contributed by atoms with van der Waals surface area (Å²) in [5, 5.41) is 13.4. The minimum atomic E-state index is -0.908. The van der Waals surface area contributed by atoms with Gasteiger partial charge in [-0.2, -0.15) is 0 Å². The van der Waals surface area contributed by atoms with E-state index < -0.39 is 11.4 Å². The Bertz CT molecular complexity index is 385. The summed E-state index contributed by atoms with van der Waals surface area (Å²) >= 11 is 5.70. The van der Waals surface area contributed by atoms with E-state index in [1.807, 2.05) is 0 Å². The Labute approximate surface area is 112 Å². The van der Waals surface area contributed by atoms with Crippen molar-refractivity contribution in [1.82, 2.24) is 5.32 Å². The van der Waals surface area contributed by atoms with Crippen molar-refractivity contribution in [3.8, 4) is 0 Å². The molecule has 0 saturated carbocycles. The van der Waals surface area contributed by atoms with Crippen molar-refractivity contribution < 1.29 is 14.2 Å². The van der Waals surface area contributed by atoms with Gasteiger partial charge in [0.2, 0.25) is 0 Å². The summed E-state index contributed by atoms with van der Waals surface area (Å²) in [6.07, 6.45) is 0.410. The summed E-state index contributed by atoms with van der Waals surface area (Å²) in [4.78, 5) is 0. The maximum Gasteiger partial charge on any atom is 0.141 e. The molecule has 0 saturated heterocycles. The van der Waals surface area contributed by atoms with Gasteiger partial charge in [-0.3, -0.25) is 0 Å². The molecule has 0 fully saturated rings. The van der Waals surface area contributed by atoms with Crippen LogP contribution in [-0.4, -0.2) is 37.5 Å². The Kier molecular flexibility index (Phi) is 6.02. The third-order valence-electron chi connectivity index (χ3n) is 2.56. The van der Waals surface area contributed by atoms with Crippen molar-refractivity contribution in [2.75, 3.05) is 26.8 Å². The summed E-state index contributed by atoms with van der Waals surface area (Å²) in [5.74, 6) is -0.446. The van der Waals surface area contributed by atoms with E-state index in [0.29, 0.717) is 26.1 Å². The molecule has 1 unspecified atom stereocenters. The summed E-state index contributed by atoms with van der Waals surface area (Å²) in [7, 11) is 1.63. The average Bonchev–Trinajstić information content (AvgIpc) is 2.29. The van der Waals surface area contributed by atoms with E-state index in [1.165, 1.54) is 6.07 Å². The Morgan fingerprint density at radius 2 is 2.22 bits per heavy atom. The predicted molar refractivity (Wildman–Crippen MR) is 70.5 cm³/mol. The molecule has 5 heteroatoms. The molecule has 2 N–H and O–H groups in total. The van der Waals surface area contributed by atoms with Crippen LogP contribution < -0.4 is 5.32 Å². The van der Waals surface area contributed by atoms with E-state index >= 15 is 0 Å². The van der Waals surface area contributed by atoms with Crippen LogP contribution in [-0.2, 0) is 11.2 Å². The van der Waals surface area contributed by atoms with E-state index in [2.05, 4.69) is 5.32 Å². The number of aliphatic hydroxyl groups is 1. The molecule has 0 aliphatic rings. The fourth-order valence-corrected chi connectivity index (χ4v) is 1.89. The van der Waals surface area contributed by atoms with E-state index in [-0.39, 0.29) is 5.02 Å². The summed E-state index contributed by atoms with van der Waals surface area (Å²) < 4.78 is 17.9. The molecule has 0 radical (unpaired) electrons. The van der Waals surface area contributed by atoms with E-state index in [9.17, 15) is 9.50 Å². The number of rotatable bonds is 7. The fraction of sp³-hybridized carbons (Fsp3) is 0.538. The van der Waals surface area contributed by atoms with Crippen LogP contribution in [0.25, 0.3) is 0 Å². The van der Waals surface area contributed by atoms with Crippen LogP contribution in [0.1, 0.15) is 12.5 Å². The van der Waals surface area contributed by atoms with Gasteiger partial charge in [0, 0.05) is 26.6 Å². The van der Waals surface area contributed by atoms with Crippen molar-refractivity contribution in [3.63, 3.8) is 0 Å². The van der Waals surface area contributed by atoms with Gasteiger partial charge in [0.05, 0.1) is 17.2 Å². The second kappa shape index (κ2) is 7.04. The highest BCUT2D eigenvalue weighted by atomic mass is 35.5. The standard InChI is InChI=1S/C13H19ClFNO2/c1-13(17,9-16-5-6-18-2)8-10-3-4-12(15)11(14)7-10/h3-4,7,16-17H,5-6,8-9H2,1-2H3. The van der Waals surface area contributed by atoms with Crippen molar-refractivity contribution in [3.05, 3.63) is 34.6 Å². The smallest absolute Gasteiger partial charge is 0.141 e. The maximum atomic E-state index is 13.0.